The second-order valence-corrected chi connectivity index (χ2v) is 7.83. The highest BCUT2D eigenvalue weighted by molar-refractivity contribution is 7.10. The summed E-state index contributed by atoms with van der Waals surface area (Å²) in [6.07, 6.45) is 7.34. The molecule has 0 aliphatic carbocycles. The third-order valence-electron chi connectivity index (χ3n) is 4.82. The zero-order valence-corrected chi connectivity index (χ0v) is 17.5. The lowest BCUT2D eigenvalue weighted by atomic mass is 10.2. The number of benzene rings is 2. The highest BCUT2D eigenvalue weighted by Gasteiger charge is 2.13. The summed E-state index contributed by atoms with van der Waals surface area (Å²) in [5, 5.41) is 13.0. The molecule has 31 heavy (non-hydrogen) atoms. The van der Waals surface area contributed by atoms with Crippen LogP contribution in [0.15, 0.2) is 83.0 Å². The van der Waals surface area contributed by atoms with Gasteiger partial charge in [-0.05, 0) is 53.8 Å². The van der Waals surface area contributed by atoms with Crippen LogP contribution >= 0.6 is 11.3 Å². The molecule has 152 valence electrons. The number of fused-ring (bicyclic) bond motifs is 1. The van der Waals surface area contributed by atoms with E-state index in [4.69, 9.17) is 4.74 Å². The van der Waals surface area contributed by atoms with Crippen molar-refractivity contribution in [3.05, 3.63) is 98.9 Å². The molecule has 3 heterocycles. The smallest absolute Gasteiger partial charge is 0.215 e. The third-order valence-corrected chi connectivity index (χ3v) is 5.80. The van der Waals surface area contributed by atoms with E-state index in [1.807, 2.05) is 60.7 Å². The van der Waals surface area contributed by atoms with Gasteiger partial charge < -0.3 is 9.84 Å². The SMILES string of the molecule is COc1ccc(N=c2sc(C=c3ccc4c(c3)C=CN=4)c(O)n2-c2ccccc2)nc1. The Balaban J connectivity index is 1.69. The molecule has 0 saturated carbocycles. The van der Waals surface area contributed by atoms with Crippen molar-refractivity contribution in [1.29, 1.82) is 0 Å². The number of rotatable bonds is 4. The predicted molar refractivity (Wildman–Crippen MR) is 121 cm³/mol. The maximum absolute atomic E-state index is 11.1. The first-order valence-electron chi connectivity index (χ1n) is 9.62. The van der Waals surface area contributed by atoms with Gasteiger partial charge in [0, 0.05) is 11.8 Å². The van der Waals surface area contributed by atoms with E-state index in [9.17, 15) is 5.11 Å². The van der Waals surface area contributed by atoms with E-state index in [1.54, 1.807) is 30.1 Å². The highest BCUT2D eigenvalue weighted by atomic mass is 32.1. The van der Waals surface area contributed by atoms with Gasteiger partial charge in [0.2, 0.25) is 5.88 Å². The van der Waals surface area contributed by atoms with Gasteiger partial charge in [-0.1, -0.05) is 35.6 Å². The fourth-order valence-corrected chi connectivity index (χ4v) is 4.28. The molecule has 6 nitrogen and oxygen atoms in total. The third kappa shape index (κ3) is 3.78. The van der Waals surface area contributed by atoms with Crippen LogP contribution in [0.4, 0.5) is 5.82 Å². The number of methoxy groups -OCH3 is 1. The van der Waals surface area contributed by atoms with Gasteiger partial charge in [-0.25, -0.2) is 9.98 Å². The summed E-state index contributed by atoms with van der Waals surface area (Å²) in [6.45, 7) is 0. The van der Waals surface area contributed by atoms with Crippen molar-refractivity contribution >= 4 is 29.3 Å². The number of ether oxygens (including phenoxy) is 1. The molecule has 2 aromatic heterocycles. The number of aromatic hydroxyl groups is 1. The summed E-state index contributed by atoms with van der Waals surface area (Å²) >= 11 is 1.39. The molecular formula is C24H18N4O2S. The van der Waals surface area contributed by atoms with Crippen LogP contribution in [0.2, 0.25) is 0 Å². The average Bonchev–Trinajstić information content (AvgIpc) is 3.39. The lowest BCUT2D eigenvalue weighted by Gasteiger charge is -2.04. The summed E-state index contributed by atoms with van der Waals surface area (Å²) < 4.78 is 6.90. The molecule has 5 rings (SSSR count). The van der Waals surface area contributed by atoms with Gasteiger partial charge in [0.1, 0.15) is 5.75 Å². The van der Waals surface area contributed by atoms with E-state index in [2.05, 4.69) is 21.0 Å². The number of aromatic nitrogens is 2. The molecule has 4 aromatic rings. The quantitative estimate of drug-likeness (QED) is 0.544. The van der Waals surface area contributed by atoms with Gasteiger partial charge in [0.15, 0.2) is 10.6 Å². The maximum Gasteiger partial charge on any atom is 0.215 e. The first-order chi connectivity index (χ1) is 15.2. The average molecular weight is 427 g/mol. The highest BCUT2D eigenvalue weighted by Crippen LogP contribution is 2.25. The Morgan fingerprint density at radius 1 is 1.10 bits per heavy atom. The molecule has 0 unspecified atom stereocenters. The molecule has 0 spiro atoms. The van der Waals surface area contributed by atoms with Crippen molar-refractivity contribution in [2.45, 2.75) is 0 Å². The number of para-hydroxylation sites is 1. The van der Waals surface area contributed by atoms with Gasteiger partial charge in [0.05, 0.1) is 29.2 Å². The van der Waals surface area contributed by atoms with Crippen molar-refractivity contribution < 1.29 is 9.84 Å². The first-order valence-corrected chi connectivity index (χ1v) is 10.4. The van der Waals surface area contributed by atoms with Crippen molar-refractivity contribution in [3.8, 4) is 17.3 Å². The topological polar surface area (TPSA) is 72.0 Å². The molecule has 2 aromatic carbocycles. The number of hydrogen-bond donors (Lipinski definition) is 1. The lowest BCUT2D eigenvalue weighted by molar-refractivity contribution is 0.413. The molecule has 0 fully saturated rings. The maximum atomic E-state index is 11.1. The molecule has 0 bridgehead atoms. The van der Waals surface area contributed by atoms with Crippen LogP contribution in [-0.2, 0) is 0 Å². The van der Waals surface area contributed by atoms with Crippen LogP contribution in [0.3, 0.4) is 0 Å². The Morgan fingerprint density at radius 3 is 2.74 bits per heavy atom. The standard InChI is InChI=1S/C24H18N4O2S/c1-30-19-8-10-22(26-15-19)27-24-28(18-5-3-2-4-6-18)23(29)21(31-24)14-16-7-9-20-17(13-16)11-12-25-20/h2-15,29H,1H3. The summed E-state index contributed by atoms with van der Waals surface area (Å²) in [6, 6.07) is 19.3. The normalized spacial score (nSPS) is 13.3. The van der Waals surface area contributed by atoms with E-state index in [-0.39, 0.29) is 5.88 Å². The minimum Gasteiger partial charge on any atom is -0.495 e. The van der Waals surface area contributed by atoms with E-state index >= 15 is 0 Å². The zero-order chi connectivity index (χ0) is 21.2. The largest absolute Gasteiger partial charge is 0.495 e. The minimum atomic E-state index is 0.129. The Bertz CT molecular complexity index is 1470. The number of pyridine rings is 1. The van der Waals surface area contributed by atoms with Crippen LogP contribution in [0.5, 0.6) is 11.6 Å². The van der Waals surface area contributed by atoms with Gasteiger partial charge in [-0.15, -0.1) is 0 Å². The Morgan fingerprint density at radius 2 is 1.97 bits per heavy atom. The van der Waals surface area contributed by atoms with Crippen molar-refractivity contribution in [2.75, 3.05) is 7.11 Å². The van der Waals surface area contributed by atoms with Crippen LogP contribution in [0, 0.1) is 0 Å². The summed E-state index contributed by atoms with van der Waals surface area (Å²) in [5.41, 5.74) is 1.88. The first kappa shape index (κ1) is 19.0. The molecule has 7 heteroatoms. The molecule has 0 saturated heterocycles. The fourth-order valence-electron chi connectivity index (χ4n) is 3.29. The van der Waals surface area contributed by atoms with Gasteiger partial charge in [0.25, 0.3) is 0 Å². The van der Waals surface area contributed by atoms with Crippen molar-refractivity contribution in [2.24, 2.45) is 9.98 Å². The van der Waals surface area contributed by atoms with Crippen molar-refractivity contribution in [3.63, 3.8) is 0 Å². The fraction of sp³-hybridized carbons (Fsp3) is 0.0417. The summed E-state index contributed by atoms with van der Waals surface area (Å²) in [7, 11) is 1.60. The molecule has 1 aliphatic heterocycles. The van der Waals surface area contributed by atoms with Gasteiger partial charge >= 0.3 is 0 Å². The van der Waals surface area contributed by atoms with Crippen molar-refractivity contribution in [1.82, 2.24) is 9.55 Å². The van der Waals surface area contributed by atoms with E-state index in [1.165, 1.54) is 11.3 Å². The molecule has 0 amide bonds. The molecule has 0 atom stereocenters. The van der Waals surface area contributed by atoms with E-state index in [0.717, 1.165) is 21.8 Å². The Hall–Kier alpha value is -3.97. The molecule has 1 N–H and O–H groups in total. The lowest BCUT2D eigenvalue weighted by Crippen LogP contribution is -2.11. The van der Waals surface area contributed by atoms with Crippen LogP contribution in [0.1, 0.15) is 10.4 Å². The zero-order valence-electron chi connectivity index (χ0n) is 16.6. The summed E-state index contributed by atoms with van der Waals surface area (Å²) in [4.78, 5) is 14.6. The van der Waals surface area contributed by atoms with Gasteiger partial charge in [-0.3, -0.25) is 9.56 Å². The Labute approximate surface area is 182 Å². The minimum absolute atomic E-state index is 0.129. The van der Waals surface area contributed by atoms with Crippen LogP contribution in [-0.4, -0.2) is 21.8 Å². The molecular weight excluding hydrogens is 408 g/mol. The second kappa shape index (κ2) is 8.04. The predicted octanol–water partition coefficient (Wildman–Crippen LogP) is 3.31. The van der Waals surface area contributed by atoms with Crippen LogP contribution < -0.4 is 20.1 Å². The molecule has 1 aliphatic rings. The monoisotopic (exact) mass is 426 g/mol. The van der Waals surface area contributed by atoms with E-state index in [0.29, 0.717) is 21.2 Å². The van der Waals surface area contributed by atoms with Gasteiger partial charge in [-0.2, -0.15) is 0 Å². The number of nitrogens with zero attached hydrogens (tertiary/aromatic N) is 4. The summed E-state index contributed by atoms with van der Waals surface area (Å²) in [5.74, 6) is 1.32. The second-order valence-electron chi connectivity index (χ2n) is 6.82. The number of hydrogen-bond acceptors (Lipinski definition) is 6. The molecule has 0 radical (unpaired) electrons. The Kier molecular flexibility index (Phi) is 4.93. The number of thiazole rings is 1. The van der Waals surface area contributed by atoms with E-state index < -0.39 is 0 Å². The van der Waals surface area contributed by atoms with Crippen LogP contribution in [0.25, 0.3) is 17.8 Å².